The molecule has 2 aliphatic heterocycles. The largest absolute Gasteiger partial charge is 0.387 e. The van der Waals surface area contributed by atoms with Crippen molar-refractivity contribution >= 4 is 23.0 Å². The highest BCUT2D eigenvalue weighted by molar-refractivity contribution is 6.30. The van der Waals surface area contributed by atoms with Crippen molar-refractivity contribution < 1.29 is 5.11 Å². The lowest BCUT2D eigenvalue weighted by Crippen LogP contribution is -2.47. The molecule has 1 saturated heterocycles. The predicted octanol–water partition coefficient (Wildman–Crippen LogP) is 3.16. The summed E-state index contributed by atoms with van der Waals surface area (Å²) in [4.78, 5) is 4.73. The normalized spacial score (nSPS) is 18.7. The number of benzene rings is 2. The maximum Gasteiger partial charge on any atom is 0.0917 e. The Bertz CT molecular complexity index is 726. The average molecular weight is 358 g/mol. The topological polar surface area (TPSA) is 38.7 Å². The molecule has 2 aliphatic rings. The Morgan fingerprint density at radius 2 is 1.80 bits per heavy atom. The number of hydrogen-bond donors (Lipinski definition) is 2. The maximum atomic E-state index is 10.6. The molecule has 4 nitrogen and oxygen atoms in total. The smallest absolute Gasteiger partial charge is 0.0917 e. The van der Waals surface area contributed by atoms with E-state index in [2.05, 4.69) is 39.4 Å². The Balaban J connectivity index is 1.33. The van der Waals surface area contributed by atoms with Crippen LogP contribution in [0.2, 0.25) is 5.02 Å². The highest BCUT2D eigenvalue weighted by Gasteiger charge is 2.21. The highest BCUT2D eigenvalue weighted by Crippen LogP contribution is 2.26. The van der Waals surface area contributed by atoms with Crippen LogP contribution < -0.4 is 10.2 Å². The Hall–Kier alpha value is -1.75. The van der Waals surface area contributed by atoms with Gasteiger partial charge in [0.2, 0.25) is 0 Å². The van der Waals surface area contributed by atoms with Crippen LogP contribution in [-0.4, -0.2) is 49.3 Å². The van der Waals surface area contributed by atoms with E-state index in [1.165, 1.54) is 16.9 Å². The molecule has 0 bridgehead atoms. The molecule has 0 spiro atoms. The molecule has 1 atom stereocenters. The average Bonchev–Trinajstić information content (AvgIpc) is 3.11. The second-order valence-electron chi connectivity index (χ2n) is 6.87. The number of piperazine rings is 1. The van der Waals surface area contributed by atoms with E-state index in [1.54, 1.807) is 0 Å². The number of rotatable bonds is 4. The molecular formula is C20H24ClN3O. The molecule has 1 unspecified atom stereocenters. The van der Waals surface area contributed by atoms with Crippen molar-refractivity contribution in [2.75, 3.05) is 49.5 Å². The standard InChI is InChI=1S/C20H24ClN3O/c21-17-2-4-18(5-3-17)24-11-9-23(10-12-24)14-20(25)16-1-6-19-15(13-16)7-8-22-19/h1-6,13,20,22,25H,7-12,14H2. The lowest BCUT2D eigenvalue weighted by molar-refractivity contribution is 0.109. The second kappa shape index (κ2) is 7.24. The zero-order valence-electron chi connectivity index (χ0n) is 14.3. The monoisotopic (exact) mass is 357 g/mol. The Morgan fingerprint density at radius 1 is 1.04 bits per heavy atom. The number of aliphatic hydroxyl groups excluding tert-OH is 1. The van der Waals surface area contributed by atoms with E-state index in [1.807, 2.05) is 18.2 Å². The summed E-state index contributed by atoms with van der Waals surface area (Å²) in [5.74, 6) is 0. The summed E-state index contributed by atoms with van der Waals surface area (Å²) in [6, 6.07) is 14.3. The van der Waals surface area contributed by atoms with Crippen molar-refractivity contribution in [1.82, 2.24) is 4.90 Å². The van der Waals surface area contributed by atoms with Crippen LogP contribution >= 0.6 is 11.6 Å². The Labute approximate surface area is 154 Å². The van der Waals surface area contributed by atoms with Crippen LogP contribution in [0.1, 0.15) is 17.2 Å². The lowest BCUT2D eigenvalue weighted by atomic mass is 10.0. The Kier molecular flexibility index (Phi) is 4.84. The van der Waals surface area contributed by atoms with Gasteiger partial charge in [-0.3, -0.25) is 4.90 Å². The van der Waals surface area contributed by atoms with Gasteiger partial charge in [-0.2, -0.15) is 0 Å². The Morgan fingerprint density at radius 3 is 2.56 bits per heavy atom. The summed E-state index contributed by atoms with van der Waals surface area (Å²) < 4.78 is 0. The van der Waals surface area contributed by atoms with Crippen molar-refractivity contribution in [3.63, 3.8) is 0 Å². The summed E-state index contributed by atoms with van der Waals surface area (Å²) in [5.41, 5.74) is 4.79. The zero-order chi connectivity index (χ0) is 17.2. The first-order chi connectivity index (χ1) is 12.2. The minimum absolute atomic E-state index is 0.423. The molecule has 0 aromatic heterocycles. The molecule has 132 valence electrons. The van der Waals surface area contributed by atoms with E-state index in [4.69, 9.17) is 11.6 Å². The van der Waals surface area contributed by atoms with Gasteiger partial charge >= 0.3 is 0 Å². The van der Waals surface area contributed by atoms with Crippen LogP contribution in [0.4, 0.5) is 11.4 Å². The minimum atomic E-state index is -0.423. The van der Waals surface area contributed by atoms with Gasteiger partial charge < -0.3 is 15.3 Å². The van der Waals surface area contributed by atoms with E-state index in [9.17, 15) is 5.11 Å². The summed E-state index contributed by atoms with van der Waals surface area (Å²) in [7, 11) is 0. The molecule has 0 aliphatic carbocycles. The van der Waals surface area contributed by atoms with Gasteiger partial charge in [0.05, 0.1) is 6.10 Å². The van der Waals surface area contributed by atoms with Gasteiger partial charge in [0.1, 0.15) is 0 Å². The fourth-order valence-electron chi connectivity index (χ4n) is 3.72. The molecule has 0 radical (unpaired) electrons. The molecule has 2 N–H and O–H groups in total. The van der Waals surface area contributed by atoms with Crippen LogP contribution in [0.15, 0.2) is 42.5 Å². The number of aliphatic hydroxyl groups is 1. The summed E-state index contributed by atoms with van der Waals surface area (Å²) in [6.07, 6.45) is 0.628. The molecule has 0 amide bonds. The van der Waals surface area contributed by atoms with Gasteiger partial charge in [0.25, 0.3) is 0 Å². The van der Waals surface area contributed by atoms with Crippen LogP contribution in [-0.2, 0) is 6.42 Å². The molecule has 25 heavy (non-hydrogen) atoms. The third kappa shape index (κ3) is 3.76. The fraction of sp³-hybridized carbons (Fsp3) is 0.400. The molecular weight excluding hydrogens is 334 g/mol. The van der Waals surface area contributed by atoms with Crippen LogP contribution in [0.5, 0.6) is 0 Å². The first kappa shape index (κ1) is 16.7. The van der Waals surface area contributed by atoms with Gasteiger partial charge in [-0.15, -0.1) is 0 Å². The molecule has 1 fully saturated rings. The van der Waals surface area contributed by atoms with E-state index >= 15 is 0 Å². The molecule has 4 rings (SSSR count). The first-order valence-electron chi connectivity index (χ1n) is 8.97. The predicted molar refractivity (Wildman–Crippen MR) is 104 cm³/mol. The SMILES string of the molecule is OC(CN1CCN(c2ccc(Cl)cc2)CC1)c1ccc2c(c1)CCN2. The van der Waals surface area contributed by atoms with Crippen molar-refractivity contribution in [3.8, 4) is 0 Å². The summed E-state index contributed by atoms with van der Waals surface area (Å²) in [5, 5.41) is 14.8. The molecule has 0 saturated carbocycles. The third-order valence-corrected chi connectivity index (χ3v) is 5.47. The summed E-state index contributed by atoms with van der Waals surface area (Å²) in [6.45, 7) is 5.57. The van der Waals surface area contributed by atoms with Crippen LogP contribution in [0, 0.1) is 0 Å². The quantitative estimate of drug-likeness (QED) is 0.881. The minimum Gasteiger partial charge on any atom is -0.387 e. The number of nitrogens with zero attached hydrogens (tertiary/aromatic N) is 2. The molecule has 2 aromatic rings. The van der Waals surface area contributed by atoms with Crippen LogP contribution in [0.25, 0.3) is 0 Å². The number of nitrogens with one attached hydrogen (secondary N) is 1. The van der Waals surface area contributed by atoms with Crippen molar-refractivity contribution in [2.45, 2.75) is 12.5 Å². The van der Waals surface area contributed by atoms with E-state index in [-0.39, 0.29) is 0 Å². The molecule has 5 heteroatoms. The third-order valence-electron chi connectivity index (χ3n) is 5.22. The fourth-order valence-corrected chi connectivity index (χ4v) is 3.85. The number of halogens is 1. The van der Waals surface area contributed by atoms with E-state index < -0.39 is 6.10 Å². The number of β-amino-alcohol motifs (C(OH)–C–C–N with tert-alkyl or cyclic N) is 1. The van der Waals surface area contributed by atoms with Crippen molar-refractivity contribution in [1.29, 1.82) is 0 Å². The van der Waals surface area contributed by atoms with Gasteiger partial charge in [-0.05, 0) is 47.9 Å². The maximum absolute atomic E-state index is 10.6. The van der Waals surface area contributed by atoms with Gasteiger partial charge in [-0.25, -0.2) is 0 Å². The second-order valence-corrected chi connectivity index (χ2v) is 7.31. The van der Waals surface area contributed by atoms with E-state index in [0.717, 1.165) is 49.7 Å². The van der Waals surface area contributed by atoms with Gasteiger partial charge in [-0.1, -0.05) is 23.7 Å². The van der Waals surface area contributed by atoms with Crippen molar-refractivity contribution in [2.24, 2.45) is 0 Å². The van der Waals surface area contributed by atoms with Gasteiger partial charge in [0.15, 0.2) is 0 Å². The van der Waals surface area contributed by atoms with Crippen LogP contribution in [0.3, 0.4) is 0 Å². The number of fused-ring (bicyclic) bond motifs is 1. The zero-order valence-corrected chi connectivity index (χ0v) is 15.0. The first-order valence-corrected chi connectivity index (χ1v) is 9.34. The molecule has 2 heterocycles. The lowest BCUT2D eigenvalue weighted by Gasteiger charge is -2.37. The van der Waals surface area contributed by atoms with E-state index in [0.29, 0.717) is 6.54 Å². The summed E-state index contributed by atoms with van der Waals surface area (Å²) >= 11 is 5.97. The van der Waals surface area contributed by atoms with Crippen molar-refractivity contribution in [3.05, 3.63) is 58.6 Å². The molecule has 2 aromatic carbocycles. The number of anilines is 2. The highest BCUT2D eigenvalue weighted by atomic mass is 35.5. The van der Waals surface area contributed by atoms with Gasteiger partial charge in [0, 0.05) is 55.7 Å². The number of hydrogen-bond acceptors (Lipinski definition) is 4.